The SMILES string of the molecule is CCCCCCCCCCCCC(C)=C(C)C(C)=O. The van der Waals surface area contributed by atoms with Crippen LogP contribution in [0.4, 0.5) is 0 Å². The van der Waals surface area contributed by atoms with E-state index in [1.807, 2.05) is 6.92 Å². The number of hydrogen-bond donors (Lipinski definition) is 0. The van der Waals surface area contributed by atoms with E-state index in [4.69, 9.17) is 0 Å². The molecule has 0 saturated carbocycles. The van der Waals surface area contributed by atoms with Crippen molar-refractivity contribution in [3.63, 3.8) is 0 Å². The summed E-state index contributed by atoms with van der Waals surface area (Å²) >= 11 is 0. The van der Waals surface area contributed by atoms with Crippen LogP contribution in [-0.4, -0.2) is 5.78 Å². The van der Waals surface area contributed by atoms with E-state index in [2.05, 4.69) is 13.8 Å². The van der Waals surface area contributed by atoms with Gasteiger partial charge in [-0.2, -0.15) is 0 Å². The molecule has 0 aliphatic carbocycles. The highest BCUT2D eigenvalue weighted by molar-refractivity contribution is 5.93. The molecule has 0 aromatic carbocycles. The highest BCUT2D eigenvalue weighted by Gasteiger charge is 2.01. The van der Waals surface area contributed by atoms with Crippen LogP contribution in [0.25, 0.3) is 0 Å². The number of unbranched alkanes of at least 4 members (excludes halogenated alkanes) is 9. The fraction of sp³-hybridized carbons (Fsp3) is 0.833. The first kappa shape index (κ1) is 18.4. The van der Waals surface area contributed by atoms with Gasteiger partial charge < -0.3 is 0 Å². The molecule has 19 heavy (non-hydrogen) atoms. The predicted molar refractivity (Wildman–Crippen MR) is 85.5 cm³/mol. The molecule has 112 valence electrons. The van der Waals surface area contributed by atoms with E-state index in [-0.39, 0.29) is 5.78 Å². The highest BCUT2D eigenvalue weighted by atomic mass is 16.1. The summed E-state index contributed by atoms with van der Waals surface area (Å²) in [5, 5.41) is 0. The molecule has 0 aromatic heterocycles. The second kappa shape index (κ2) is 12.4. The lowest BCUT2D eigenvalue weighted by atomic mass is 10.0. The lowest BCUT2D eigenvalue weighted by Crippen LogP contribution is -1.95. The molecule has 0 saturated heterocycles. The number of allylic oxidation sites excluding steroid dienone is 2. The summed E-state index contributed by atoms with van der Waals surface area (Å²) in [5.74, 6) is 0.226. The van der Waals surface area contributed by atoms with Crippen molar-refractivity contribution in [1.29, 1.82) is 0 Å². The van der Waals surface area contributed by atoms with Crippen LogP contribution in [0, 0.1) is 0 Å². The van der Waals surface area contributed by atoms with Crippen molar-refractivity contribution in [1.82, 2.24) is 0 Å². The molecule has 0 spiro atoms. The summed E-state index contributed by atoms with van der Waals surface area (Å²) in [6.07, 6.45) is 14.8. The van der Waals surface area contributed by atoms with E-state index in [0.717, 1.165) is 12.0 Å². The Balaban J connectivity index is 3.36. The summed E-state index contributed by atoms with van der Waals surface area (Å²) in [5.41, 5.74) is 2.25. The van der Waals surface area contributed by atoms with Gasteiger partial charge in [-0.05, 0) is 39.2 Å². The number of ketones is 1. The van der Waals surface area contributed by atoms with E-state index < -0.39 is 0 Å². The van der Waals surface area contributed by atoms with Crippen LogP contribution in [-0.2, 0) is 4.79 Å². The molecular formula is C18H34O. The van der Waals surface area contributed by atoms with Crippen LogP contribution in [0.3, 0.4) is 0 Å². The van der Waals surface area contributed by atoms with Gasteiger partial charge in [0.05, 0.1) is 0 Å². The van der Waals surface area contributed by atoms with Gasteiger partial charge in [-0.15, -0.1) is 0 Å². The number of rotatable bonds is 12. The molecule has 0 unspecified atom stereocenters. The number of carbonyl (C=O) groups is 1. The van der Waals surface area contributed by atoms with Crippen LogP contribution in [0.5, 0.6) is 0 Å². The average molecular weight is 266 g/mol. The molecule has 0 atom stereocenters. The Labute approximate surface area is 120 Å². The van der Waals surface area contributed by atoms with Crippen molar-refractivity contribution in [2.45, 2.75) is 98.3 Å². The van der Waals surface area contributed by atoms with Gasteiger partial charge in [0.2, 0.25) is 0 Å². The maximum absolute atomic E-state index is 11.2. The zero-order valence-electron chi connectivity index (χ0n) is 13.7. The van der Waals surface area contributed by atoms with Crippen LogP contribution in [0.15, 0.2) is 11.1 Å². The zero-order valence-corrected chi connectivity index (χ0v) is 13.7. The minimum Gasteiger partial charge on any atom is -0.295 e. The van der Waals surface area contributed by atoms with Gasteiger partial charge in [0.1, 0.15) is 0 Å². The van der Waals surface area contributed by atoms with Crippen molar-refractivity contribution >= 4 is 5.78 Å². The van der Waals surface area contributed by atoms with E-state index in [1.165, 1.54) is 69.8 Å². The van der Waals surface area contributed by atoms with E-state index in [0.29, 0.717) is 0 Å². The first-order valence-corrected chi connectivity index (χ1v) is 8.26. The fourth-order valence-electron chi connectivity index (χ4n) is 2.37. The lowest BCUT2D eigenvalue weighted by molar-refractivity contribution is -0.113. The molecule has 0 fully saturated rings. The van der Waals surface area contributed by atoms with Crippen molar-refractivity contribution in [2.24, 2.45) is 0 Å². The fourth-order valence-corrected chi connectivity index (χ4v) is 2.37. The zero-order chi connectivity index (χ0) is 14.5. The minimum atomic E-state index is 0.226. The Morgan fingerprint density at radius 3 is 1.53 bits per heavy atom. The van der Waals surface area contributed by atoms with Gasteiger partial charge in [-0.3, -0.25) is 4.79 Å². The molecule has 0 amide bonds. The van der Waals surface area contributed by atoms with Gasteiger partial charge in [0.15, 0.2) is 5.78 Å². The Bertz CT molecular complexity index is 263. The third-order valence-electron chi connectivity index (χ3n) is 4.07. The van der Waals surface area contributed by atoms with Crippen molar-refractivity contribution in [3.8, 4) is 0 Å². The third kappa shape index (κ3) is 11.0. The molecule has 1 heteroatoms. The van der Waals surface area contributed by atoms with Crippen molar-refractivity contribution < 1.29 is 4.79 Å². The number of Topliss-reactive ketones (excluding diaryl/α,β-unsaturated/α-hetero) is 1. The second-order valence-corrected chi connectivity index (χ2v) is 5.89. The summed E-state index contributed by atoms with van der Waals surface area (Å²) in [6.45, 7) is 7.99. The number of hydrogen-bond acceptors (Lipinski definition) is 1. The molecule has 0 rings (SSSR count). The van der Waals surface area contributed by atoms with Gasteiger partial charge >= 0.3 is 0 Å². The molecule has 1 nitrogen and oxygen atoms in total. The Hall–Kier alpha value is -0.590. The third-order valence-corrected chi connectivity index (χ3v) is 4.07. The summed E-state index contributed by atoms with van der Waals surface area (Å²) in [7, 11) is 0. The van der Waals surface area contributed by atoms with Crippen LogP contribution >= 0.6 is 0 Å². The molecular weight excluding hydrogens is 232 g/mol. The van der Waals surface area contributed by atoms with E-state index >= 15 is 0 Å². The van der Waals surface area contributed by atoms with Gasteiger partial charge in [0, 0.05) is 0 Å². The summed E-state index contributed by atoms with van der Waals surface area (Å²) in [6, 6.07) is 0. The number of carbonyl (C=O) groups excluding carboxylic acids is 1. The molecule has 0 bridgehead atoms. The topological polar surface area (TPSA) is 17.1 Å². The van der Waals surface area contributed by atoms with E-state index in [1.54, 1.807) is 6.92 Å². The minimum absolute atomic E-state index is 0.226. The quantitative estimate of drug-likeness (QED) is 0.302. The predicted octanol–water partition coefficient (Wildman–Crippen LogP) is 6.22. The summed E-state index contributed by atoms with van der Waals surface area (Å²) in [4.78, 5) is 11.2. The molecule has 0 aliphatic rings. The molecule has 0 aliphatic heterocycles. The maximum atomic E-state index is 11.2. The average Bonchev–Trinajstić information content (AvgIpc) is 2.39. The Kier molecular flexibility index (Phi) is 12.1. The lowest BCUT2D eigenvalue weighted by Gasteiger charge is -2.05. The molecule has 0 radical (unpaired) electrons. The van der Waals surface area contributed by atoms with Gasteiger partial charge in [-0.1, -0.05) is 70.3 Å². The van der Waals surface area contributed by atoms with E-state index in [9.17, 15) is 4.79 Å². The monoisotopic (exact) mass is 266 g/mol. The Morgan fingerprint density at radius 2 is 1.11 bits per heavy atom. The van der Waals surface area contributed by atoms with Crippen molar-refractivity contribution in [3.05, 3.63) is 11.1 Å². The van der Waals surface area contributed by atoms with Crippen molar-refractivity contribution in [2.75, 3.05) is 0 Å². The molecule has 0 heterocycles. The smallest absolute Gasteiger partial charge is 0.155 e. The largest absolute Gasteiger partial charge is 0.295 e. The first-order chi connectivity index (χ1) is 9.09. The first-order valence-electron chi connectivity index (χ1n) is 8.26. The standard InChI is InChI=1S/C18H34O/c1-5-6-7-8-9-10-11-12-13-14-15-16(2)17(3)18(4)19/h5-15H2,1-4H3. The molecule has 0 aromatic rings. The summed E-state index contributed by atoms with van der Waals surface area (Å²) < 4.78 is 0. The van der Waals surface area contributed by atoms with Gasteiger partial charge in [-0.25, -0.2) is 0 Å². The van der Waals surface area contributed by atoms with Crippen LogP contribution in [0.2, 0.25) is 0 Å². The second-order valence-electron chi connectivity index (χ2n) is 5.89. The normalized spacial score (nSPS) is 12.4. The maximum Gasteiger partial charge on any atom is 0.155 e. The Morgan fingerprint density at radius 1 is 0.684 bits per heavy atom. The van der Waals surface area contributed by atoms with Crippen LogP contribution in [0.1, 0.15) is 98.3 Å². The molecule has 0 N–H and O–H groups in total. The highest BCUT2D eigenvalue weighted by Crippen LogP contribution is 2.15. The van der Waals surface area contributed by atoms with Gasteiger partial charge in [0.25, 0.3) is 0 Å². The van der Waals surface area contributed by atoms with Crippen LogP contribution < -0.4 is 0 Å².